The number of hydrogen-bond acceptors (Lipinski definition) is 6. The van der Waals surface area contributed by atoms with Gasteiger partial charge in [-0.1, -0.05) is 18.2 Å². The Bertz CT molecular complexity index is 1230. The first-order chi connectivity index (χ1) is 16.1. The second kappa shape index (κ2) is 9.50. The molecular formula is C25H29N3O3S2. The van der Waals surface area contributed by atoms with Crippen LogP contribution in [0.1, 0.15) is 49.5 Å². The standard InChI is InChI=1S/C25H29N3O3S2/c1-16(23(29)27-14-6-7-15-27)32-25-26-22-21(19-8-4-3-5-9-20(19)33-22)24(30)28(25)17-10-12-18(31-2)13-11-17/h10-13,16H,3-9,14-15H2,1-2H3. The number of ether oxygens (including phenoxy) is 1. The molecule has 0 saturated carbocycles. The van der Waals surface area contributed by atoms with Gasteiger partial charge in [-0.05, 0) is 75.3 Å². The van der Waals surface area contributed by atoms with Crippen LogP contribution in [0.4, 0.5) is 0 Å². The van der Waals surface area contributed by atoms with E-state index in [1.54, 1.807) is 23.0 Å². The summed E-state index contributed by atoms with van der Waals surface area (Å²) in [7, 11) is 1.63. The molecule has 1 aromatic carbocycles. The number of rotatable bonds is 5. The van der Waals surface area contributed by atoms with Gasteiger partial charge in [0.2, 0.25) is 5.91 Å². The fraction of sp³-hybridized carbons (Fsp3) is 0.480. The second-order valence-corrected chi connectivity index (χ2v) is 11.2. The number of hydrogen-bond donors (Lipinski definition) is 0. The van der Waals surface area contributed by atoms with E-state index < -0.39 is 0 Å². The average molecular weight is 484 g/mol. The molecule has 33 heavy (non-hydrogen) atoms. The third kappa shape index (κ3) is 4.30. The zero-order valence-corrected chi connectivity index (χ0v) is 20.8. The van der Waals surface area contributed by atoms with Crippen LogP contribution in [0.5, 0.6) is 5.75 Å². The highest BCUT2D eigenvalue weighted by molar-refractivity contribution is 8.00. The number of carbonyl (C=O) groups excluding carboxylic acids is 1. The molecule has 1 aliphatic heterocycles. The molecule has 1 unspecified atom stereocenters. The van der Waals surface area contributed by atoms with Crippen molar-refractivity contribution in [3.8, 4) is 11.4 Å². The molecule has 2 aliphatic rings. The maximum atomic E-state index is 13.9. The number of aryl methyl sites for hydroxylation is 2. The van der Waals surface area contributed by atoms with E-state index in [4.69, 9.17) is 9.72 Å². The van der Waals surface area contributed by atoms with E-state index in [1.165, 1.54) is 28.6 Å². The van der Waals surface area contributed by atoms with Crippen molar-refractivity contribution in [1.82, 2.24) is 14.5 Å². The van der Waals surface area contributed by atoms with Crippen LogP contribution in [-0.4, -0.2) is 45.8 Å². The summed E-state index contributed by atoms with van der Waals surface area (Å²) in [4.78, 5) is 36.0. The molecule has 6 nitrogen and oxygen atoms in total. The third-order valence-electron chi connectivity index (χ3n) is 6.59. The Labute approximate surface area is 202 Å². The summed E-state index contributed by atoms with van der Waals surface area (Å²) in [5.74, 6) is 0.854. The van der Waals surface area contributed by atoms with E-state index in [0.29, 0.717) is 5.16 Å². The van der Waals surface area contributed by atoms with E-state index >= 15 is 0 Å². The van der Waals surface area contributed by atoms with Crippen LogP contribution in [0.15, 0.2) is 34.2 Å². The molecule has 1 saturated heterocycles. The lowest BCUT2D eigenvalue weighted by Crippen LogP contribution is -2.34. The molecular weight excluding hydrogens is 454 g/mol. The second-order valence-electron chi connectivity index (χ2n) is 8.77. The number of likely N-dealkylation sites (tertiary alicyclic amines) is 1. The molecule has 3 aromatic rings. The van der Waals surface area contributed by atoms with E-state index in [1.807, 2.05) is 36.1 Å². The minimum absolute atomic E-state index is 0.0344. The first-order valence-corrected chi connectivity index (χ1v) is 13.4. The molecule has 8 heteroatoms. The lowest BCUT2D eigenvalue weighted by molar-refractivity contribution is -0.129. The molecule has 1 atom stereocenters. The van der Waals surface area contributed by atoms with Gasteiger partial charge < -0.3 is 9.64 Å². The summed E-state index contributed by atoms with van der Waals surface area (Å²) in [6.45, 7) is 3.56. The number of amides is 1. The van der Waals surface area contributed by atoms with Gasteiger partial charge in [0.1, 0.15) is 10.6 Å². The zero-order chi connectivity index (χ0) is 22.9. The molecule has 1 fully saturated rings. The van der Waals surface area contributed by atoms with Gasteiger partial charge in [0.05, 0.1) is 23.4 Å². The Morgan fingerprint density at radius 2 is 1.82 bits per heavy atom. The maximum absolute atomic E-state index is 13.9. The van der Waals surface area contributed by atoms with Crippen LogP contribution in [0.25, 0.3) is 15.9 Å². The highest BCUT2D eigenvalue weighted by Crippen LogP contribution is 2.35. The fourth-order valence-electron chi connectivity index (χ4n) is 4.80. The number of thioether (sulfide) groups is 1. The Morgan fingerprint density at radius 1 is 1.09 bits per heavy atom. The number of thiophene rings is 1. The Kier molecular flexibility index (Phi) is 6.47. The SMILES string of the molecule is COc1ccc(-n2c(SC(C)C(=O)N3CCCC3)nc3sc4c(c3c2=O)CCCCC4)cc1. The molecule has 1 aliphatic carbocycles. The van der Waals surface area contributed by atoms with Gasteiger partial charge in [-0.25, -0.2) is 4.98 Å². The van der Waals surface area contributed by atoms with Gasteiger partial charge in [0.15, 0.2) is 5.16 Å². The third-order valence-corrected chi connectivity index (χ3v) is 8.81. The van der Waals surface area contributed by atoms with Crippen molar-refractivity contribution in [1.29, 1.82) is 0 Å². The molecule has 3 heterocycles. The number of fused-ring (bicyclic) bond motifs is 3. The fourth-order valence-corrected chi connectivity index (χ4v) is 7.12. The molecule has 0 spiro atoms. The van der Waals surface area contributed by atoms with E-state index in [0.717, 1.165) is 73.3 Å². The molecule has 2 aromatic heterocycles. The molecule has 0 radical (unpaired) electrons. The van der Waals surface area contributed by atoms with Gasteiger partial charge in [0, 0.05) is 18.0 Å². The Morgan fingerprint density at radius 3 is 2.55 bits per heavy atom. The van der Waals surface area contributed by atoms with Gasteiger partial charge in [-0.2, -0.15) is 0 Å². The van der Waals surface area contributed by atoms with E-state index in [-0.39, 0.29) is 16.7 Å². The molecule has 5 rings (SSSR count). The van der Waals surface area contributed by atoms with E-state index in [2.05, 4.69) is 0 Å². The number of nitrogens with zero attached hydrogens (tertiary/aromatic N) is 3. The largest absolute Gasteiger partial charge is 0.497 e. The number of carbonyl (C=O) groups is 1. The van der Waals surface area contributed by atoms with Crippen molar-refractivity contribution in [3.05, 3.63) is 45.1 Å². The maximum Gasteiger partial charge on any atom is 0.267 e. The highest BCUT2D eigenvalue weighted by atomic mass is 32.2. The van der Waals surface area contributed by atoms with E-state index in [9.17, 15) is 9.59 Å². The van der Waals surface area contributed by atoms with Gasteiger partial charge in [-0.15, -0.1) is 11.3 Å². The van der Waals surface area contributed by atoms with Gasteiger partial charge in [0.25, 0.3) is 5.56 Å². The van der Waals surface area contributed by atoms with Crippen molar-refractivity contribution in [2.75, 3.05) is 20.2 Å². The normalized spacial score (nSPS) is 17.1. The van der Waals surface area contributed by atoms with Gasteiger partial charge in [-0.3, -0.25) is 14.2 Å². The molecule has 174 valence electrons. The van der Waals surface area contributed by atoms with Gasteiger partial charge >= 0.3 is 0 Å². The van der Waals surface area contributed by atoms with Crippen LogP contribution in [0.2, 0.25) is 0 Å². The van der Waals surface area contributed by atoms with Crippen LogP contribution >= 0.6 is 23.1 Å². The predicted molar refractivity (Wildman–Crippen MR) is 134 cm³/mol. The van der Waals surface area contributed by atoms with Crippen molar-refractivity contribution in [3.63, 3.8) is 0 Å². The summed E-state index contributed by atoms with van der Waals surface area (Å²) >= 11 is 3.04. The summed E-state index contributed by atoms with van der Waals surface area (Å²) in [5, 5.41) is 1.03. The molecule has 1 amide bonds. The lowest BCUT2D eigenvalue weighted by atomic mass is 10.1. The van der Waals surface area contributed by atoms with Crippen molar-refractivity contribution in [2.24, 2.45) is 0 Å². The lowest BCUT2D eigenvalue weighted by Gasteiger charge is -2.21. The molecule has 0 bridgehead atoms. The minimum atomic E-state index is -0.310. The smallest absolute Gasteiger partial charge is 0.267 e. The highest BCUT2D eigenvalue weighted by Gasteiger charge is 2.27. The van der Waals surface area contributed by atoms with Crippen molar-refractivity contribution in [2.45, 2.75) is 62.3 Å². The number of benzene rings is 1. The first kappa shape index (κ1) is 22.5. The summed E-state index contributed by atoms with van der Waals surface area (Å²) < 4.78 is 7.00. The number of aromatic nitrogens is 2. The van der Waals surface area contributed by atoms with Crippen molar-refractivity contribution < 1.29 is 9.53 Å². The summed E-state index contributed by atoms with van der Waals surface area (Å²) in [6.07, 6.45) is 7.55. The molecule has 0 N–H and O–H groups in total. The summed E-state index contributed by atoms with van der Waals surface area (Å²) in [6, 6.07) is 7.48. The monoisotopic (exact) mass is 483 g/mol. The average Bonchev–Trinajstić information content (AvgIpc) is 3.42. The quantitative estimate of drug-likeness (QED) is 0.296. The van der Waals surface area contributed by atoms with Crippen LogP contribution in [0.3, 0.4) is 0 Å². The first-order valence-electron chi connectivity index (χ1n) is 11.7. The van der Waals surface area contributed by atoms with Crippen LogP contribution < -0.4 is 10.3 Å². The number of methoxy groups -OCH3 is 1. The topological polar surface area (TPSA) is 64.4 Å². The predicted octanol–water partition coefficient (Wildman–Crippen LogP) is 4.83. The Balaban J connectivity index is 1.62. The van der Waals surface area contributed by atoms with Crippen LogP contribution in [-0.2, 0) is 17.6 Å². The Hall–Kier alpha value is -2.32. The summed E-state index contributed by atoms with van der Waals surface area (Å²) in [5.41, 5.74) is 1.89. The van der Waals surface area contributed by atoms with Crippen molar-refractivity contribution >= 4 is 39.2 Å². The zero-order valence-electron chi connectivity index (χ0n) is 19.1. The van der Waals surface area contributed by atoms with Crippen LogP contribution in [0, 0.1) is 0 Å². The minimum Gasteiger partial charge on any atom is -0.497 e.